The zero-order chi connectivity index (χ0) is 10.9. The second-order valence-corrected chi connectivity index (χ2v) is 4.36. The molecule has 3 nitrogen and oxygen atoms in total. The molecule has 0 aromatic heterocycles. The van der Waals surface area contributed by atoms with Crippen LogP contribution < -0.4 is 5.32 Å². The van der Waals surface area contributed by atoms with Crippen LogP contribution in [-0.4, -0.2) is 18.2 Å². The zero-order valence-electron chi connectivity index (χ0n) is 9.04. The van der Waals surface area contributed by atoms with Crippen LogP contribution in [0.15, 0.2) is 24.3 Å². The number of carbonyl (C=O) groups is 1. The molecule has 0 bridgehead atoms. The molecule has 2 rings (SSSR count). The Balaban J connectivity index is 2.11. The van der Waals surface area contributed by atoms with Crippen LogP contribution in [0.5, 0.6) is 0 Å². The third kappa shape index (κ3) is 2.29. The lowest BCUT2D eigenvalue weighted by Crippen LogP contribution is -2.31. The Labute approximate surface area is 89.4 Å². The van der Waals surface area contributed by atoms with E-state index in [0.717, 1.165) is 6.42 Å². The molecule has 1 fully saturated rings. The van der Waals surface area contributed by atoms with Gasteiger partial charge in [0.1, 0.15) is 5.60 Å². The molecular formula is C12H15NO2. The van der Waals surface area contributed by atoms with Crippen LogP contribution in [0, 0.1) is 6.92 Å². The van der Waals surface area contributed by atoms with E-state index >= 15 is 0 Å². The summed E-state index contributed by atoms with van der Waals surface area (Å²) < 4.78 is 5.24. The number of aryl methyl sites for hydroxylation is 1. The third-order valence-corrected chi connectivity index (χ3v) is 2.61. The van der Waals surface area contributed by atoms with E-state index in [4.69, 9.17) is 4.74 Å². The zero-order valence-corrected chi connectivity index (χ0v) is 9.04. The largest absolute Gasteiger partial charge is 0.441 e. The van der Waals surface area contributed by atoms with Crippen molar-refractivity contribution >= 4 is 6.09 Å². The van der Waals surface area contributed by atoms with Crippen LogP contribution in [0.25, 0.3) is 0 Å². The molecule has 0 saturated carbocycles. The maximum absolute atomic E-state index is 11.0. The smallest absolute Gasteiger partial charge is 0.407 e. The van der Waals surface area contributed by atoms with Gasteiger partial charge in [-0.1, -0.05) is 29.8 Å². The molecule has 80 valence electrons. The van der Waals surface area contributed by atoms with Crippen molar-refractivity contribution in [3.05, 3.63) is 35.4 Å². The molecule has 1 aliphatic heterocycles. The SMILES string of the molecule is Cc1cccc(CC2(C)CNC(=O)O2)c1. The molecule has 0 aliphatic carbocycles. The van der Waals surface area contributed by atoms with Gasteiger partial charge in [-0.25, -0.2) is 4.79 Å². The van der Waals surface area contributed by atoms with Crippen molar-refractivity contribution in [2.75, 3.05) is 6.54 Å². The Bertz CT molecular complexity index is 389. The van der Waals surface area contributed by atoms with E-state index in [0.29, 0.717) is 6.54 Å². The van der Waals surface area contributed by atoms with Crippen molar-refractivity contribution in [3.63, 3.8) is 0 Å². The van der Waals surface area contributed by atoms with Gasteiger partial charge in [-0.15, -0.1) is 0 Å². The van der Waals surface area contributed by atoms with Crippen LogP contribution in [0.2, 0.25) is 0 Å². The normalized spacial score (nSPS) is 24.8. The molecule has 1 N–H and O–H groups in total. The number of amides is 1. The maximum Gasteiger partial charge on any atom is 0.407 e. The minimum atomic E-state index is -0.398. The predicted molar refractivity (Wildman–Crippen MR) is 57.8 cm³/mol. The Hall–Kier alpha value is -1.51. The number of rotatable bonds is 2. The number of cyclic esters (lactones) is 1. The van der Waals surface area contributed by atoms with E-state index < -0.39 is 5.60 Å². The van der Waals surface area contributed by atoms with E-state index in [1.54, 1.807) is 0 Å². The summed E-state index contributed by atoms with van der Waals surface area (Å²) in [6, 6.07) is 8.27. The van der Waals surface area contributed by atoms with Crippen molar-refractivity contribution in [1.29, 1.82) is 0 Å². The van der Waals surface area contributed by atoms with Gasteiger partial charge in [-0.2, -0.15) is 0 Å². The molecule has 3 heteroatoms. The van der Waals surface area contributed by atoms with Gasteiger partial charge < -0.3 is 10.1 Å². The monoisotopic (exact) mass is 205 g/mol. The highest BCUT2D eigenvalue weighted by Crippen LogP contribution is 2.21. The Morgan fingerprint density at radius 1 is 1.53 bits per heavy atom. The molecule has 1 atom stereocenters. The molecule has 15 heavy (non-hydrogen) atoms. The number of hydrogen-bond donors (Lipinski definition) is 1. The maximum atomic E-state index is 11.0. The number of ether oxygens (including phenoxy) is 1. The summed E-state index contributed by atoms with van der Waals surface area (Å²) in [5.74, 6) is 0. The standard InChI is InChI=1S/C12H15NO2/c1-9-4-3-5-10(6-9)7-12(2)8-13-11(14)15-12/h3-6H,7-8H2,1-2H3,(H,13,14). The molecule has 1 aromatic carbocycles. The first-order valence-corrected chi connectivity index (χ1v) is 5.10. The molecule has 1 unspecified atom stereocenters. The molecular weight excluding hydrogens is 190 g/mol. The molecule has 1 aromatic rings. The van der Waals surface area contributed by atoms with E-state index in [2.05, 4.69) is 30.4 Å². The number of carbonyl (C=O) groups excluding carboxylic acids is 1. The van der Waals surface area contributed by atoms with Crippen molar-refractivity contribution in [2.45, 2.75) is 25.9 Å². The lowest BCUT2D eigenvalue weighted by atomic mass is 9.96. The summed E-state index contributed by atoms with van der Waals surface area (Å²) in [6.07, 6.45) is 0.443. The fraction of sp³-hybridized carbons (Fsp3) is 0.417. The summed E-state index contributed by atoms with van der Waals surface area (Å²) in [6.45, 7) is 4.59. The number of alkyl carbamates (subject to hydrolysis) is 1. The second-order valence-electron chi connectivity index (χ2n) is 4.36. The van der Waals surface area contributed by atoms with E-state index in [-0.39, 0.29) is 6.09 Å². The van der Waals surface area contributed by atoms with E-state index in [9.17, 15) is 4.79 Å². The predicted octanol–water partition coefficient (Wildman–Crippen LogP) is 2.04. The van der Waals surface area contributed by atoms with Gasteiger partial charge in [0.05, 0.1) is 6.54 Å². The van der Waals surface area contributed by atoms with Crippen molar-refractivity contribution < 1.29 is 9.53 Å². The van der Waals surface area contributed by atoms with Gasteiger partial charge in [-0.3, -0.25) is 0 Å². The van der Waals surface area contributed by atoms with E-state index in [1.165, 1.54) is 11.1 Å². The highest BCUT2D eigenvalue weighted by Gasteiger charge is 2.35. The number of nitrogens with one attached hydrogen (secondary N) is 1. The van der Waals surface area contributed by atoms with Crippen molar-refractivity contribution in [1.82, 2.24) is 5.32 Å². The third-order valence-electron chi connectivity index (χ3n) is 2.61. The summed E-state index contributed by atoms with van der Waals surface area (Å²) in [7, 11) is 0. The summed E-state index contributed by atoms with van der Waals surface area (Å²) >= 11 is 0. The molecule has 1 heterocycles. The first-order chi connectivity index (χ1) is 7.07. The van der Waals surface area contributed by atoms with Crippen LogP contribution in [0.1, 0.15) is 18.1 Å². The Morgan fingerprint density at radius 2 is 2.33 bits per heavy atom. The first-order valence-electron chi connectivity index (χ1n) is 5.10. The minimum absolute atomic E-state index is 0.315. The first kappa shape index (κ1) is 10.0. The number of benzene rings is 1. The Morgan fingerprint density at radius 3 is 2.93 bits per heavy atom. The highest BCUT2D eigenvalue weighted by atomic mass is 16.6. The molecule has 0 radical (unpaired) electrons. The van der Waals surface area contributed by atoms with Crippen LogP contribution in [-0.2, 0) is 11.2 Å². The fourth-order valence-corrected chi connectivity index (χ4v) is 1.91. The number of hydrogen-bond acceptors (Lipinski definition) is 2. The fourth-order valence-electron chi connectivity index (χ4n) is 1.91. The molecule has 0 spiro atoms. The average Bonchev–Trinajstić information content (AvgIpc) is 2.45. The average molecular weight is 205 g/mol. The highest BCUT2D eigenvalue weighted by molar-refractivity contribution is 5.70. The minimum Gasteiger partial charge on any atom is -0.441 e. The van der Waals surface area contributed by atoms with Gasteiger partial charge >= 0.3 is 6.09 Å². The van der Waals surface area contributed by atoms with Crippen LogP contribution in [0.3, 0.4) is 0 Å². The quantitative estimate of drug-likeness (QED) is 0.802. The topological polar surface area (TPSA) is 38.3 Å². The summed E-state index contributed by atoms with van der Waals surface area (Å²) in [4.78, 5) is 11.0. The van der Waals surface area contributed by atoms with E-state index in [1.807, 2.05) is 13.0 Å². The van der Waals surface area contributed by atoms with Gasteiger partial charge in [-0.05, 0) is 19.4 Å². The molecule has 1 aliphatic rings. The van der Waals surface area contributed by atoms with Gasteiger partial charge in [0.15, 0.2) is 0 Å². The Kier molecular flexibility index (Phi) is 2.39. The van der Waals surface area contributed by atoms with Crippen molar-refractivity contribution in [3.8, 4) is 0 Å². The van der Waals surface area contributed by atoms with Crippen LogP contribution >= 0.6 is 0 Å². The van der Waals surface area contributed by atoms with Gasteiger partial charge in [0, 0.05) is 6.42 Å². The molecule has 1 amide bonds. The summed E-state index contributed by atoms with van der Waals surface area (Å²) in [5, 5.41) is 2.68. The molecule has 1 saturated heterocycles. The lowest BCUT2D eigenvalue weighted by molar-refractivity contribution is 0.0725. The van der Waals surface area contributed by atoms with Gasteiger partial charge in [0.2, 0.25) is 0 Å². The second kappa shape index (κ2) is 3.57. The lowest BCUT2D eigenvalue weighted by Gasteiger charge is -2.21. The van der Waals surface area contributed by atoms with Crippen LogP contribution in [0.4, 0.5) is 4.79 Å². The van der Waals surface area contributed by atoms with Gasteiger partial charge in [0.25, 0.3) is 0 Å². The van der Waals surface area contributed by atoms with Crippen molar-refractivity contribution in [2.24, 2.45) is 0 Å². The summed E-state index contributed by atoms with van der Waals surface area (Å²) in [5.41, 5.74) is 2.03.